The normalized spacial score (nSPS) is 13.5. The van der Waals surface area contributed by atoms with Gasteiger partial charge in [-0.05, 0) is 38.7 Å². The van der Waals surface area contributed by atoms with Crippen molar-refractivity contribution in [2.24, 2.45) is 0 Å². The van der Waals surface area contributed by atoms with Gasteiger partial charge in [-0.15, -0.1) is 17.9 Å². The molecule has 0 bridgehead atoms. The minimum Gasteiger partial charge on any atom is -0.279 e. The summed E-state index contributed by atoms with van der Waals surface area (Å²) in [5, 5.41) is 0.744. The molecular weight excluding hydrogens is 296 g/mol. The molecule has 0 saturated heterocycles. The number of fused-ring (bicyclic) bond motifs is 1. The van der Waals surface area contributed by atoms with Crippen LogP contribution >= 0.6 is 11.3 Å². The smallest absolute Gasteiger partial charge is 0.279 e. The molecule has 0 unspecified atom stereocenters. The van der Waals surface area contributed by atoms with Crippen LogP contribution in [0.15, 0.2) is 24.9 Å². The number of anilines is 1. The van der Waals surface area contributed by atoms with E-state index in [2.05, 4.69) is 21.5 Å². The largest absolute Gasteiger partial charge is 0.279 e. The fourth-order valence-electron chi connectivity index (χ4n) is 2.54. The molecule has 0 aliphatic heterocycles. The third-order valence-corrected chi connectivity index (χ3v) is 4.80. The summed E-state index contributed by atoms with van der Waals surface area (Å²) in [6, 6.07) is 1.64. The second kappa shape index (κ2) is 6.36. The highest BCUT2D eigenvalue weighted by atomic mass is 32.1. The first-order chi connectivity index (χ1) is 10.7. The van der Waals surface area contributed by atoms with Crippen LogP contribution in [0.1, 0.15) is 39.7 Å². The third-order valence-electron chi connectivity index (χ3n) is 3.62. The first kappa shape index (κ1) is 14.8. The van der Waals surface area contributed by atoms with Crippen molar-refractivity contribution in [3.8, 4) is 0 Å². The Bertz CT molecular complexity index is 686. The zero-order chi connectivity index (χ0) is 15.5. The van der Waals surface area contributed by atoms with Crippen LogP contribution in [0.4, 0.5) is 5.13 Å². The van der Waals surface area contributed by atoms with Gasteiger partial charge in [-0.25, -0.2) is 15.0 Å². The lowest BCUT2D eigenvalue weighted by Crippen LogP contribution is -2.31. The number of aromatic nitrogens is 3. The predicted octanol–water partition coefficient (Wildman–Crippen LogP) is 2.95. The first-order valence-electron chi connectivity index (χ1n) is 7.40. The number of carbonyl (C=O) groups is 1. The van der Waals surface area contributed by atoms with E-state index in [0.717, 1.165) is 23.7 Å². The lowest BCUT2D eigenvalue weighted by molar-refractivity contribution is 0.0984. The maximum Gasteiger partial charge on any atom is 0.279 e. The standard InChI is InChI=1S/C16H18N4OS/c1-3-10-20(15(21)13-8-9-17-11(2)18-13)16-19-12-6-4-5-7-14(12)22-16/h3,8-9H,1,4-7,10H2,2H3. The fraction of sp³-hybridized carbons (Fsp3) is 0.375. The van der Waals surface area contributed by atoms with Crippen LogP contribution in [0, 0.1) is 6.92 Å². The van der Waals surface area contributed by atoms with Crippen LogP contribution in [0.25, 0.3) is 0 Å². The lowest BCUT2D eigenvalue weighted by Gasteiger charge is -2.17. The van der Waals surface area contributed by atoms with Gasteiger partial charge in [0.15, 0.2) is 5.13 Å². The van der Waals surface area contributed by atoms with Gasteiger partial charge in [0, 0.05) is 17.6 Å². The number of hydrogen-bond donors (Lipinski definition) is 0. The minimum absolute atomic E-state index is 0.156. The van der Waals surface area contributed by atoms with Gasteiger partial charge in [0.1, 0.15) is 11.5 Å². The number of hydrogen-bond acceptors (Lipinski definition) is 5. The van der Waals surface area contributed by atoms with E-state index in [0.29, 0.717) is 18.1 Å². The molecular formula is C16H18N4OS. The molecule has 0 N–H and O–H groups in total. The quantitative estimate of drug-likeness (QED) is 0.814. The zero-order valence-corrected chi connectivity index (χ0v) is 13.4. The maximum absolute atomic E-state index is 12.8. The van der Waals surface area contributed by atoms with Crippen molar-refractivity contribution in [3.05, 3.63) is 47.0 Å². The summed E-state index contributed by atoms with van der Waals surface area (Å²) in [7, 11) is 0. The van der Waals surface area contributed by atoms with E-state index in [-0.39, 0.29) is 5.91 Å². The highest BCUT2D eigenvalue weighted by Crippen LogP contribution is 2.32. The second-order valence-electron chi connectivity index (χ2n) is 5.27. The van der Waals surface area contributed by atoms with Crippen molar-refractivity contribution >= 4 is 22.4 Å². The Morgan fingerprint density at radius 1 is 1.41 bits per heavy atom. The van der Waals surface area contributed by atoms with Gasteiger partial charge in [0.2, 0.25) is 0 Å². The van der Waals surface area contributed by atoms with Crippen LogP contribution in [0.2, 0.25) is 0 Å². The van der Waals surface area contributed by atoms with Crippen molar-refractivity contribution in [2.75, 3.05) is 11.4 Å². The number of nitrogens with zero attached hydrogens (tertiary/aromatic N) is 4. The molecule has 2 heterocycles. The SMILES string of the molecule is C=CCN(C(=O)c1ccnc(C)n1)c1nc2c(s1)CCCC2. The van der Waals surface area contributed by atoms with E-state index in [4.69, 9.17) is 0 Å². The van der Waals surface area contributed by atoms with E-state index >= 15 is 0 Å². The molecule has 1 amide bonds. The van der Waals surface area contributed by atoms with Crippen LogP contribution in [-0.4, -0.2) is 27.4 Å². The van der Waals surface area contributed by atoms with Crippen molar-refractivity contribution in [2.45, 2.75) is 32.6 Å². The third kappa shape index (κ3) is 2.92. The molecule has 6 heteroatoms. The first-order valence-corrected chi connectivity index (χ1v) is 8.21. The Morgan fingerprint density at radius 3 is 2.95 bits per heavy atom. The monoisotopic (exact) mass is 314 g/mol. The van der Waals surface area contributed by atoms with Crippen molar-refractivity contribution in [3.63, 3.8) is 0 Å². The maximum atomic E-state index is 12.8. The number of aryl methyl sites for hydroxylation is 3. The Labute approximate surface area is 133 Å². The molecule has 0 spiro atoms. The van der Waals surface area contributed by atoms with Gasteiger partial charge in [-0.3, -0.25) is 9.69 Å². The summed E-state index contributed by atoms with van der Waals surface area (Å²) in [5.41, 5.74) is 1.54. The lowest BCUT2D eigenvalue weighted by atomic mass is 10.0. The number of thiazole rings is 1. The second-order valence-corrected chi connectivity index (χ2v) is 6.33. The Balaban J connectivity index is 1.93. The van der Waals surface area contributed by atoms with Gasteiger partial charge >= 0.3 is 0 Å². The van der Waals surface area contributed by atoms with Crippen LogP contribution in [0.3, 0.4) is 0 Å². The summed E-state index contributed by atoms with van der Waals surface area (Å²) in [4.78, 5) is 28.6. The molecule has 114 valence electrons. The average Bonchev–Trinajstić information content (AvgIpc) is 2.95. The molecule has 1 aliphatic rings. The number of rotatable bonds is 4. The van der Waals surface area contributed by atoms with E-state index in [9.17, 15) is 4.79 Å². The van der Waals surface area contributed by atoms with Crippen molar-refractivity contribution in [1.82, 2.24) is 15.0 Å². The van der Waals surface area contributed by atoms with Gasteiger partial charge < -0.3 is 0 Å². The van der Waals surface area contributed by atoms with Gasteiger partial charge in [0.05, 0.1) is 5.69 Å². The number of carbonyl (C=O) groups excluding carboxylic acids is 1. The molecule has 0 fully saturated rings. The molecule has 0 radical (unpaired) electrons. The molecule has 22 heavy (non-hydrogen) atoms. The highest BCUT2D eigenvalue weighted by molar-refractivity contribution is 7.16. The van der Waals surface area contributed by atoms with Gasteiger partial charge in [-0.1, -0.05) is 6.08 Å². The number of amides is 1. The van der Waals surface area contributed by atoms with E-state index in [1.54, 1.807) is 41.5 Å². The Morgan fingerprint density at radius 2 is 2.23 bits per heavy atom. The van der Waals surface area contributed by atoms with Crippen molar-refractivity contribution < 1.29 is 4.79 Å². The molecule has 1 aliphatic carbocycles. The zero-order valence-electron chi connectivity index (χ0n) is 12.6. The summed E-state index contributed by atoms with van der Waals surface area (Å²) < 4.78 is 0. The van der Waals surface area contributed by atoms with Crippen LogP contribution < -0.4 is 4.90 Å². The highest BCUT2D eigenvalue weighted by Gasteiger charge is 2.24. The van der Waals surface area contributed by atoms with E-state index in [1.807, 2.05) is 0 Å². The molecule has 2 aromatic heterocycles. The Kier molecular flexibility index (Phi) is 4.29. The van der Waals surface area contributed by atoms with Gasteiger partial charge in [0.25, 0.3) is 5.91 Å². The minimum atomic E-state index is -0.156. The van der Waals surface area contributed by atoms with Gasteiger partial charge in [-0.2, -0.15) is 0 Å². The Hall–Kier alpha value is -2.08. The molecule has 3 rings (SSSR count). The molecule has 0 atom stereocenters. The topological polar surface area (TPSA) is 59.0 Å². The van der Waals surface area contributed by atoms with E-state index in [1.165, 1.54) is 17.7 Å². The molecule has 0 aromatic carbocycles. The summed E-state index contributed by atoms with van der Waals surface area (Å²) in [6.45, 7) is 5.95. The fourth-order valence-corrected chi connectivity index (χ4v) is 3.70. The molecule has 5 nitrogen and oxygen atoms in total. The van der Waals surface area contributed by atoms with E-state index < -0.39 is 0 Å². The molecule has 2 aromatic rings. The van der Waals surface area contributed by atoms with Crippen LogP contribution in [-0.2, 0) is 12.8 Å². The summed E-state index contributed by atoms with van der Waals surface area (Å²) >= 11 is 1.61. The molecule has 0 saturated carbocycles. The van der Waals surface area contributed by atoms with Crippen LogP contribution in [0.5, 0.6) is 0 Å². The summed E-state index contributed by atoms with van der Waals surface area (Å²) in [5.74, 6) is 0.430. The predicted molar refractivity (Wildman–Crippen MR) is 87.4 cm³/mol. The summed E-state index contributed by atoms with van der Waals surface area (Å²) in [6.07, 6.45) is 7.77. The average molecular weight is 314 g/mol. The van der Waals surface area contributed by atoms with Crippen molar-refractivity contribution in [1.29, 1.82) is 0 Å².